The van der Waals surface area contributed by atoms with Crippen molar-refractivity contribution in [3.05, 3.63) is 40.1 Å². The van der Waals surface area contributed by atoms with Crippen LogP contribution in [0.25, 0.3) is 11.1 Å². The number of halogens is 3. The SMILES string of the molecule is NC(=O)c1scc(-c2ccc(OC(F)(F)F)cc2)c1CCCC(=O)O. The predicted molar refractivity (Wildman–Crippen MR) is 85.5 cm³/mol. The summed E-state index contributed by atoms with van der Waals surface area (Å²) in [5.41, 5.74) is 7.17. The molecule has 0 unspecified atom stereocenters. The first-order valence-electron chi connectivity index (χ1n) is 7.15. The molecule has 1 amide bonds. The molecule has 25 heavy (non-hydrogen) atoms. The number of aliphatic carboxylic acids is 1. The number of ether oxygens (including phenoxy) is 1. The lowest BCUT2D eigenvalue weighted by atomic mass is 9.98. The number of primary amides is 1. The van der Waals surface area contributed by atoms with Crippen LogP contribution in [0.5, 0.6) is 5.75 Å². The third-order valence-corrected chi connectivity index (χ3v) is 4.37. The second-order valence-corrected chi connectivity index (χ2v) is 6.02. The number of benzene rings is 1. The largest absolute Gasteiger partial charge is 0.573 e. The Bertz CT molecular complexity index is 769. The topological polar surface area (TPSA) is 89.6 Å². The molecule has 0 aliphatic carbocycles. The van der Waals surface area contributed by atoms with Crippen LogP contribution in [-0.2, 0) is 11.2 Å². The molecular formula is C16H14F3NO4S. The minimum atomic E-state index is -4.77. The number of amides is 1. The summed E-state index contributed by atoms with van der Waals surface area (Å²) in [6, 6.07) is 5.22. The maximum atomic E-state index is 12.2. The van der Waals surface area contributed by atoms with Gasteiger partial charge in [0.05, 0.1) is 4.88 Å². The standard InChI is InChI=1S/C16H14F3NO4S/c17-16(18,19)24-10-6-4-9(5-7-10)12-8-25-14(15(20)23)11(12)2-1-3-13(21)22/h4-8H,1-3H2,(H2,20,23)(H,21,22). The van der Waals surface area contributed by atoms with Gasteiger partial charge in [-0.25, -0.2) is 0 Å². The van der Waals surface area contributed by atoms with Crippen LogP contribution < -0.4 is 10.5 Å². The Labute approximate surface area is 144 Å². The summed E-state index contributed by atoms with van der Waals surface area (Å²) >= 11 is 1.12. The molecule has 0 saturated heterocycles. The molecule has 1 aromatic carbocycles. The quantitative estimate of drug-likeness (QED) is 0.772. The van der Waals surface area contributed by atoms with Crippen molar-refractivity contribution in [2.75, 3.05) is 0 Å². The summed E-state index contributed by atoms with van der Waals surface area (Å²) in [7, 11) is 0. The van der Waals surface area contributed by atoms with E-state index in [0.717, 1.165) is 11.3 Å². The van der Waals surface area contributed by atoms with E-state index in [1.165, 1.54) is 24.3 Å². The maximum absolute atomic E-state index is 12.2. The van der Waals surface area contributed by atoms with Crippen molar-refractivity contribution in [3.8, 4) is 16.9 Å². The Hall–Kier alpha value is -2.55. The fourth-order valence-electron chi connectivity index (χ4n) is 2.33. The van der Waals surface area contributed by atoms with E-state index in [0.29, 0.717) is 34.4 Å². The molecule has 1 heterocycles. The van der Waals surface area contributed by atoms with Gasteiger partial charge in [-0.2, -0.15) is 0 Å². The highest BCUT2D eigenvalue weighted by Gasteiger charge is 2.31. The molecule has 0 atom stereocenters. The van der Waals surface area contributed by atoms with Gasteiger partial charge in [-0.05, 0) is 47.0 Å². The van der Waals surface area contributed by atoms with Crippen LogP contribution in [0.15, 0.2) is 29.6 Å². The molecule has 0 fully saturated rings. The zero-order valence-corrected chi connectivity index (χ0v) is 13.6. The molecule has 2 rings (SSSR count). The third-order valence-electron chi connectivity index (χ3n) is 3.33. The van der Waals surface area contributed by atoms with Gasteiger partial charge in [-0.3, -0.25) is 9.59 Å². The van der Waals surface area contributed by atoms with E-state index in [2.05, 4.69) is 4.74 Å². The normalized spacial score (nSPS) is 11.3. The Morgan fingerprint density at radius 1 is 1.20 bits per heavy atom. The van der Waals surface area contributed by atoms with Crippen LogP contribution in [0.4, 0.5) is 13.2 Å². The Morgan fingerprint density at radius 2 is 1.84 bits per heavy atom. The number of alkyl halides is 3. The number of rotatable bonds is 7. The van der Waals surface area contributed by atoms with Crippen molar-refractivity contribution in [1.82, 2.24) is 0 Å². The predicted octanol–water partition coefficient (Wildman–Crippen LogP) is 3.82. The first-order valence-corrected chi connectivity index (χ1v) is 8.03. The highest BCUT2D eigenvalue weighted by molar-refractivity contribution is 7.12. The first kappa shape index (κ1) is 18.8. The zero-order valence-electron chi connectivity index (χ0n) is 12.8. The van der Waals surface area contributed by atoms with Gasteiger partial charge in [0, 0.05) is 6.42 Å². The Kier molecular flexibility index (Phi) is 5.68. The number of carbonyl (C=O) groups is 2. The van der Waals surface area contributed by atoms with E-state index in [1.807, 2.05) is 0 Å². The zero-order chi connectivity index (χ0) is 18.6. The third kappa shape index (κ3) is 5.21. The smallest absolute Gasteiger partial charge is 0.481 e. The van der Waals surface area contributed by atoms with Gasteiger partial charge in [0.1, 0.15) is 5.75 Å². The number of thiophene rings is 1. The van der Waals surface area contributed by atoms with E-state index in [-0.39, 0.29) is 12.2 Å². The van der Waals surface area contributed by atoms with Crippen molar-refractivity contribution >= 4 is 23.2 Å². The van der Waals surface area contributed by atoms with Crippen LogP contribution in [0.2, 0.25) is 0 Å². The number of carbonyl (C=O) groups excluding carboxylic acids is 1. The molecular weight excluding hydrogens is 359 g/mol. The highest BCUT2D eigenvalue weighted by Crippen LogP contribution is 2.34. The molecule has 5 nitrogen and oxygen atoms in total. The Morgan fingerprint density at radius 3 is 2.36 bits per heavy atom. The van der Waals surface area contributed by atoms with Gasteiger partial charge >= 0.3 is 12.3 Å². The van der Waals surface area contributed by atoms with Gasteiger partial charge < -0.3 is 15.6 Å². The highest BCUT2D eigenvalue weighted by atomic mass is 32.1. The van der Waals surface area contributed by atoms with Crippen molar-refractivity contribution in [1.29, 1.82) is 0 Å². The second-order valence-electron chi connectivity index (χ2n) is 5.14. The number of hydrogen-bond donors (Lipinski definition) is 2. The van der Waals surface area contributed by atoms with Gasteiger partial charge in [0.15, 0.2) is 0 Å². The number of carboxylic acid groups (broad SMARTS) is 1. The molecule has 2 aromatic rings. The summed E-state index contributed by atoms with van der Waals surface area (Å²) in [6.45, 7) is 0. The van der Waals surface area contributed by atoms with Crippen LogP contribution in [0.3, 0.4) is 0 Å². The fraction of sp³-hybridized carbons (Fsp3) is 0.250. The summed E-state index contributed by atoms with van der Waals surface area (Å²) in [6.07, 6.45) is -4.20. The van der Waals surface area contributed by atoms with E-state index in [4.69, 9.17) is 10.8 Å². The van der Waals surface area contributed by atoms with E-state index in [9.17, 15) is 22.8 Å². The summed E-state index contributed by atoms with van der Waals surface area (Å²) in [5.74, 6) is -1.93. The van der Waals surface area contributed by atoms with Crippen molar-refractivity contribution in [2.24, 2.45) is 5.73 Å². The molecule has 3 N–H and O–H groups in total. The average molecular weight is 373 g/mol. The molecule has 0 aliphatic rings. The van der Waals surface area contributed by atoms with Crippen LogP contribution in [0, 0.1) is 0 Å². The molecule has 0 saturated carbocycles. The second kappa shape index (κ2) is 7.56. The van der Waals surface area contributed by atoms with Crippen molar-refractivity contribution in [3.63, 3.8) is 0 Å². The van der Waals surface area contributed by atoms with Crippen LogP contribution in [0.1, 0.15) is 28.1 Å². The number of carboxylic acids is 1. The summed E-state index contributed by atoms with van der Waals surface area (Å²) in [5, 5.41) is 10.4. The van der Waals surface area contributed by atoms with E-state index >= 15 is 0 Å². The lowest BCUT2D eigenvalue weighted by Gasteiger charge is -2.10. The first-order chi connectivity index (χ1) is 11.7. The minimum absolute atomic E-state index is 0.0636. The van der Waals surface area contributed by atoms with Gasteiger partial charge in [-0.15, -0.1) is 24.5 Å². The molecule has 0 radical (unpaired) electrons. The lowest BCUT2D eigenvalue weighted by Crippen LogP contribution is -2.16. The van der Waals surface area contributed by atoms with Crippen LogP contribution >= 0.6 is 11.3 Å². The minimum Gasteiger partial charge on any atom is -0.481 e. The maximum Gasteiger partial charge on any atom is 0.573 e. The average Bonchev–Trinajstić information content (AvgIpc) is 2.90. The summed E-state index contributed by atoms with van der Waals surface area (Å²) < 4.78 is 40.4. The summed E-state index contributed by atoms with van der Waals surface area (Å²) in [4.78, 5) is 22.5. The van der Waals surface area contributed by atoms with Gasteiger partial charge in [-0.1, -0.05) is 12.1 Å². The molecule has 0 bridgehead atoms. The molecule has 134 valence electrons. The lowest BCUT2D eigenvalue weighted by molar-refractivity contribution is -0.274. The van der Waals surface area contributed by atoms with Gasteiger partial charge in [0.25, 0.3) is 5.91 Å². The number of nitrogens with two attached hydrogens (primary N) is 1. The van der Waals surface area contributed by atoms with Crippen LogP contribution in [-0.4, -0.2) is 23.3 Å². The number of hydrogen-bond acceptors (Lipinski definition) is 4. The van der Waals surface area contributed by atoms with E-state index in [1.54, 1.807) is 5.38 Å². The molecule has 9 heteroatoms. The molecule has 1 aromatic heterocycles. The molecule has 0 spiro atoms. The van der Waals surface area contributed by atoms with Crippen molar-refractivity contribution < 1.29 is 32.6 Å². The molecule has 0 aliphatic heterocycles. The fourth-order valence-corrected chi connectivity index (χ4v) is 3.32. The van der Waals surface area contributed by atoms with Crippen molar-refractivity contribution in [2.45, 2.75) is 25.6 Å². The Balaban J connectivity index is 2.28. The van der Waals surface area contributed by atoms with E-state index < -0.39 is 18.2 Å². The monoisotopic (exact) mass is 373 g/mol. The van der Waals surface area contributed by atoms with Gasteiger partial charge in [0.2, 0.25) is 0 Å².